The normalized spacial score (nSPS) is 10.4. The molecule has 0 aliphatic heterocycles. The minimum absolute atomic E-state index is 0.0335. The fourth-order valence-electron chi connectivity index (χ4n) is 1.54. The summed E-state index contributed by atoms with van der Waals surface area (Å²) in [6, 6.07) is 7.29. The topological polar surface area (TPSA) is 44.1 Å². The van der Waals surface area contributed by atoms with Crippen LogP contribution in [0.2, 0.25) is 10.2 Å². The first kappa shape index (κ1) is 12.9. The highest BCUT2D eigenvalue weighted by Gasteiger charge is 2.11. The van der Waals surface area contributed by atoms with Crippen molar-refractivity contribution in [2.75, 3.05) is 7.11 Å². The Morgan fingerprint density at radius 2 is 2.06 bits per heavy atom. The maximum absolute atomic E-state index is 12.0. The van der Waals surface area contributed by atoms with E-state index >= 15 is 0 Å². The molecular weight excluding hydrogens is 275 g/mol. The lowest BCUT2D eigenvalue weighted by molar-refractivity contribution is 0.401. The quantitative estimate of drug-likeness (QED) is 0.814. The molecule has 0 unspecified atom stereocenters. The molecule has 2 aromatic rings. The van der Waals surface area contributed by atoms with Crippen LogP contribution in [0.3, 0.4) is 0 Å². The summed E-state index contributed by atoms with van der Waals surface area (Å²) in [7, 11) is 1.38. The Kier molecular flexibility index (Phi) is 3.89. The molecule has 0 radical (unpaired) electrons. The van der Waals surface area contributed by atoms with Gasteiger partial charge in [0, 0.05) is 5.02 Å². The lowest BCUT2D eigenvalue weighted by Crippen LogP contribution is -2.22. The van der Waals surface area contributed by atoms with Crippen LogP contribution in [0, 0.1) is 0 Å². The molecule has 1 aromatic carbocycles. The van der Waals surface area contributed by atoms with Crippen molar-refractivity contribution in [2.24, 2.45) is 0 Å². The van der Waals surface area contributed by atoms with Gasteiger partial charge in [0.05, 0.1) is 20.0 Å². The van der Waals surface area contributed by atoms with Crippen molar-refractivity contribution in [1.29, 1.82) is 0 Å². The molecule has 1 aromatic heterocycles. The van der Waals surface area contributed by atoms with Gasteiger partial charge < -0.3 is 4.74 Å². The summed E-state index contributed by atoms with van der Waals surface area (Å²) in [4.78, 5) is 15.9. The Labute approximate surface area is 114 Å². The van der Waals surface area contributed by atoms with Crippen molar-refractivity contribution < 1.29 is 4.74 Å². The van der Waals surface area contributed by atoms with Crippen LogP contribution in [0.25, 0.3) is 0 Å². The fraction of sp³-hybridized carbons (Fsp3) is 0.167. The molecule has 2 rings (SSSR count). The van der Waals surface area contributed by atoms with Gasteiger partial charge in [0.25, 0.3) is 5.56 Å². The second-order valence-electron chi connectivity index (χ2n) is 3.59. The third-order valence-corrected chi connectivity index (χ3v) is 3.09. The maximum Gasteiger partial charge on any atom is 0.297 e. The molecule has 94 valence electrons. The maximum atomic E-state index is 12.0. The van der Waals surface area contributed by atoms with Crippen LogP contribution in [0.15, 0.2) is 35.4 Å². The van der Waals surface area contributed by atoms with Crippen molar-refractivity contribution in [2.45, 2.75) is 6.54 Å². The predicted octanol–water partition coefficient (Wildman–Crippen LogP) is 2.61. The Morgan fingerprint density at radius 1 is 1.33 bits per heavy atom. The second kappa shape index (κ2) is 5.42. The van der Waals surface area contributed by atoms with Gasteiger partial charge in [-0.15, -0.1) is 0 Å². The summed E-state index contributed by atoms with van der Waals surface area (Å²) >= 11 is 11.8. The third kappa shape index (κ3) is 2.49. The van der Waals surface area contributed by atoms with E-state index in [1.807, 2.05) is 18.2 Å². The van der Waals surface area contributed by atoms with Crippen LogP contribution in [0.4, 0.5) is 0 Å². The van der Waals surface area contributed by atoms with E-state index in [0.29, 0.717) is 11.6 Å². The Bertz CT molecular complexity index is 626. The smallest absolute Gasteiger partial charge is 0.297 e. The van der Waals surface area contributed by atoms with E-state index in [1.54, 1.807) is 6.07 Å². The first-order valence-electron chi connectivity index (χ1n) is 5.16. The molecule has 0 N–H and O–H groups in total. The number of methoxy groups -OCH3 is 1. The van der Waals surface area contributed by atoms with E-state index in [-0.39, 0.29) is 16.5 Å². The van der Waals surface area contributed by atoms with E-state index in [0.717, 1.165) is 5.56 Å². The highest BCUT2D eigenvalue weighted by Crippen LogP contribution is 2.18. The summed E-state index contributed by atoms with van der Waals surface area (Å²) < 4.78 is 6.32. The zero-order chi connectivity index (χ0) is 13.1. The van der Waals surface area contributed by atoms with Crippen LogP contribution in [-0.4, -0.2) is 16.7 Å². The number of hydrogen-bond acceptors (Lipinski definition) is 3. The van der Waals surface area contributed by atoms with Gasteiger partial charge in [-0.2, -0.15) is 0 Å². The van der Waals surface area contributed by atoms with Crippen molar-refractivity contribution in [3.63, 3.8) is 0 Å². The minimum Gasteiger partial charge on any atom is -0.489 e. The first-order valence-corrected chi connectivity index (χ1v) is 5.91. The number of nitrogens with zero attached hydrogens (tertiary/aromatic N) is 2. The molecule has 1 heterocycles. The number of aromatic nitrogens is 2. The Balaban J connectivity index is 2.42. The van der Waals surface area contributed by atoms with Gasteiger partial charge in [-0.25, -0.2) is 4.98 Å². The molecule has 6 heteroatoms. The minimum atomic E-state index is -0.336. The van der Waals surface area contributed by atoms with E-state index < -0.39 is 0 Å². The number of ether oxygens (including phenoxy) is 1. The predicted molar refractivity (Wildman–Crippen MR) is 70.6 cm³/mol. The summed E-state index contributed by atoms with van der Waals surface area (Å²) in [5, 5.41) is 0.649. The van der Waals surface area contributed by atoms with Gasteiger partial charge in [0.2, 0.25) is 5.75 Å². The average Bonchev–Trinajstić information content (AvgIpc) is 2.36. The third-order valence-electron chi connectivity index (χ3n) is 2.46. The van der Waals surface area contributed by atoms with Crippen LogP contribution in [-0.2, 0) is 6.54 Å². The van der Waals surface area contributed by atoms with Gasteiger partial charge in [-0.05, 0) is 11.6 Å². The average molecular weight is 285 g/mol. The van der Waals surface area contributed by atoms with Crippen molar-refractivity contribution in [3.05, 3.63) is 56.7 Å². The van der Waals surface area contributed by atoms with Crippen molar-refractivity contribution in [1.82, 2.24) is 9.55 Å². The second-order valence-corrected chi connectivity index (χ2v) is 4.36. The summed E-state index contributed by atoms with van der Waals surface area (Å²) in [5.74, 6) is 0.0335. The molecule has 0 amide bonds. The lowest BCUT2D eigenvalue weighted by Gasteiger charge is -2.09. The molecule has 0 atom stereocenters. The van der Waals surface area contributed by atoms with Crippen molar-refractivity contribution >= 4 is 23.2 Å². The first-order chi connectivity index (χ1) is 8.63. The fourth-order valence-corrected chi connectivity index (χ4v) is 1.94. The van der Waals surface area contributed by atoms with Crippen LogP contribution >= 0.6 is 23.2 Å². The lowest BCUT2D eigenvalue weighted by atomic mass is 10.2. The summed E-state index contributed by atoms with van der Waals surface area (Å²) in [6.07, 6.45) is 1.37. The Morgan fingerprint density at radius 3 is 2.72 bits per heavy atom. The number of benzene rings is 1. The highest BCUT2D eigenvalue weighted by molar-refractivity contribution is 6.31. The van der Waals surface area contributed by atoms with Crippen LogP contribution in [0.1, 0.15) is 5.56 Å². The summed E-state index contributed by atoms with van der Waals surface area (Å²) in [6.45, 7) is 0.318. The molecule has 0 bridgehead atoms. The Hall–Kier alpha value is -1.52. The summed E-state index contributed by atoms with van der Waals surface area (Å²) in [5.41, 5.74) is 0.491. The molecule has 18 heavy (non-hydrogen) atoms. The molecule has 4 nitrogen and oxygen atoms in total. The highest BCUT2D eigenvalue weighted by atomic mass is 35.5. The molecule has 0 spiro atoms. The van der Waals surface area contributed by atoms with E-state index in [2.05, 4.69) is 4.98 Å². The van der Waals surface area contributed by atoms with Gasteiger partial charge >= 0.3 is 0 Å². The number of rotatable bonds is 3. The standard InChI is InChI=1S/C12H10Cl2N2O2/c1-18-10-11(14)15-7-16(12(10)17)6-8-4-2-3-5-9(8)13/h2-5,7H,6H2,1H3. The van der Waals surface area contributed by atoms with Gasteiger partial charge in [0.15, 0.2) is 5.15 Å². The van der Waals surface area contributed by atoms with Crippen molar-refractivity contribution in [3.8, 4) is 5.75 Å². The molecule has 0 saturated carbocycles. The van der Waals surface area contributed by atoms with Gasteiger partial charge in [-0.1, -0.05) is 41.4 Å². The van der Waals surface area contributed by atoms with Gasteiger partial charge in [-0.3, -0.25) is 9.36 Å². The monoisotopic (exact) mass is 284 g/mol. The number of hydrogen-bond donors (Lipinski definition) is 0. The zero-order valence-corrected chi connectivity index (χ0v) is 11.1. The van der Waals surface area contributed by atoms with Crippen LogP contribution < -0.4 is 10.3 Å². The molecule has 0 aliphatic rings. The van der Waals surface area contributed by atoms with E-state index in [9.17, 15) is 4.79 Å². The zero-order valence-electron chi connectivity index (χ0n) is 9.56. The van der Waals surface area contributed by atoms with E-state index in [4.69, 9.17) is 27.9 Å². The molecular formula is C12H10Cl2N2O2. The van der Waals surface area contributed by atoms with E-state index in [1.165, 1.54) is 18.0 Å². The SMILES string of the molecule is COc1c(Cl)ncn(Cc2ccccc2Cl)c1=O. The molecule has 0 fully saturated rings. The molecule has 0 saturated heterocycles. The largest absolute Gasteiger partial charge is 0.489 e. The number of halogens is 2. The molecule has 0 aliphatic carbocycles. The van der Waals surface area contributed by atoms with Crippen LogP contribution in [0.5, 0.6) is 5.75 Å². The van der Waals surface area contributed by atoms with Gasteiger partial charge in [0.1, 0.15) is 0 Å².